The molecule has 0 fully saturated rings. The highest BCUT2D eigenvalue weighted by Gasteiger charge is 2.20. The van der Waals surface area contributed by atoms with Crippen LogP contribution in [0.5, 0.6) is 0 Å². The van der Waals surface area contributed by atoms with Gasteiger partial charge in [-0.05, 0) is 6.42 Å². The van der Waals surface area contributed by atoms with E-state index in [1.165, 1.54) is 0 Å². The minimum atomic E-state index is -1.22. The summed E-state index contributed by atoms with van der Waals surface area (Å²) in [5.41, 5.74) is 4.89. The van der Waals surface area contributed by atoms with E-state index in [-0.39, 0.29) is 19.4 Å². The minimum absolute atomic E-state index is 0.0483. The highest BCUT2D eigenvalue weighted by molar-refractivity contribution is 9.11. The molecule has 8 heteroatoms. The number of rotatable bonds is 7. The summed E-state index contributed by atoms with van der Waals surface area (Å²) in [6.45, 7) is 3.67. The predicted molar refractivity (Wildman–Crippen MR) is 64.5 cm³/mol. The molecule has 1 unspecified atom stereocenters. The highest BCUT2D eigenvalue weighted by Crippen LogP contribution is 1.99. The standard InChI is InChI=1S/C9H14BrN3O4/c1-5(10)4-12-9(17)13-6(8(15)16)2-3-7(11)14/h6H,1-4H2,(H2,11,14)(H,15,16)(H2,12,13,17). The summed E-state index contributed by atoms with van der Waals surface area (Å²) in [5, 5.41) is 13.4. The molecule has 0 aromatic carbocycles. The van der Waals surface area contributed by atoms with Crippen molar-refractivity contribution in [3.05, 3.63) is 11.1 Å². The minimum Gasteiger partial charge on any atom is -0.480 e. The molecule has 96 valence electrons. The van der Waals surface area contributed by atoms with Crippen LogP contribution < -0.4 is 16.4 Å². The van der Waals surface area contributed by atoms with Crippen molar-refractivity contribution in [1.29, 1.82) is 0 Å². The van der Waals surface area contributed by atoms with Crippen LogP contribution in [0.3, 0.4) is 0 Å². The summed E-state index contributed by atoms with van der Waals surface area (Å²) < 4.78 is 0.552. The second-order valence-electron chi connectivity index (χ2n) is 3.24. The van der Waals surface area contributed by atoms with E-state index in [4.69, 9.17) is 10.8 Å². The Morgan fingerprint density at radius 1 is 1.41 bits per heavy atom. The number of halogens is 1. The summed E-state index contributed by atoms with van der Waals surface area (Å²) in [5.74, 6) is -1.84. The van der Waals surface area contributed by atoms with Crippen molar-refractivity contribution in [2.75, 3.05) is 6.54 Å². The van der Waals surface area contributed by atoms with E-state index in [1.54, 1.807) is 0 Å². The largest absolute Gasteiger partial charge is 0.480 e. The molecule has 0 aliphatic carbocycles. The Hall–Kier alpha value is -1.57. The number of aliphatic carboxylic acids is 1. The molecule has 5 N–H and O–H groups in total. The van der Waals surface area contributed by atoms with Gasteiger partial charge in [0.2, 0.25) is 5.91 Å². The molecule has 0 aliphatic rings. The Morgan fingerprint density at radius 3 is 2.41 bits per heavy atom. The average Bonchev–Trinajstić information content (AvgIpc) is 2.20. The normalized spacial score (nSPS) is 11.4. The van der Waals surface area contributed by atoms with Gasteiger partial charge >= 0.3 is 12.0 Å². The number of carbonyl (C=O) groups is 3. The van der Waals surface area contributed by atoms with Crippen molar-refractivity contribution >= 4 is 33.8 Å². The second-order valence-corrected chi connectivity index (χ2v) is 4.36. The molecule has 1 atom stereocenters. The average molecular weight is 308 g/mol. The monoisotopic (exact) mass is 307 g/mol. The Kier molecular flexibility index (Phi) is 6.95. The lowest BCUT2D eigenvalue weighted by molar-refractivity contribution is -0.139. The Morgan fingerprint density at radius 2 is 2.00 bits per heavy atom. The van der Waals surface area contributed by atoms with Gasteiger partial charge in [0.05, 0.1) is 6.54 Å². The summed E-state index contributed by atoms with van der Waals surface area (Å²) in [7, 11) is 0. The molecule has 3 amide bonds. The van der Waals surface area contributed by atoms with Crippen LogP contribution >= 0.6 is 15.9 Å². The molecule has 0 aromatic heterocycles. The number of carboxylic acid groups (broad SMARTS) is 1. The number of carboxylic acids is 1. The third-order valence-corrected chi connectivity index (χ3v) is 2.00. The van der Waals surface area contributed by atoms with Gasteiger partial charge < -0.3 is 21.5 Å². The summed E-state index contributed by atoms with van der Waals surface area (Å²) >= 11 is 3.03. The number of nitrogens with one attached hydrogen (secondary N) is 2. The van der Waals surface area contributed by atoms with Crippen molar-refractivity contribution in [2.24, 2.45) is 5.73 Å². The van der Waals surface area contributed by atoms with Crippen molar-refractivity contribution in [3.8, 4) is 0 Å². The zero-order valence-corrected chi connectivity index (χ0v) is 10.6. The van der Waals surface area contributed by atoms with Crippen LogP contribution in [-0.2, 0) is 9.59 Å². The molecule has 0 spiro atoms. The van der Waals surface area contributed by atoms with Gasteiger partial charge in [0.25, 0.3) is 0 Å². The van der Waals surface area contributed by atoms with Crippen molar-refractivity contribution in [3.63, 3.8) is 0 Å². The number of amides is 3. The second kappa shape index (κ2) is 7.66. The van der Waals surface area contributed by atoms with Crippen LogP contribution in [0, 0.1) is 0 Å². The van der Waals surface area contributed by atoms with E-state index in [0.717, 1.165) is 0 Å². The molecule has 0 aromatic rings. The molecule has 0 rings (SSSR count). The first kappa shape index (κ1) is 15.4. The van der Waals surface area contributed by atoms with E-state index in [0.29, 0.717) is 4.48 Å². The van der Waals surface area contributed by atoms with Gasteiger partial charge in [-0.3, -0.25) is 4.79 Å². The maximum atomic E-state index is 11.2. The smallest absolute Gasteiger partial charge is 0.326 e. The van der Waals surface area contributed by atoms with E-state index in [2.05, 4.69) is 33.1 Å². The van der Waals surface area contributed by atoms with Crippen LogP contribution in [0.4, 0.5) is 4.79 Å². The first-order valence-corrected chi connectivity index (χ1v) is 5.51. The van der Waals surface area contributed by atoms with Gasteiger partial charge in [0, 0.05) is 10.9 Å². The Balaban J connectivity index is 4.15. The van der Waals surface area contributed by atoms with E-state index < -0.39 is 23.9 Å². The molecule has 0 bridgehead atoms. The Labute approximate surface area is 107 Å². The number of nitrogens with two attached hydrogens (primary N) is 1. The van der Waals surface area contributed by atoms with Crippen molar-refractivity contribution < 1.29 is 19.5 Å². The lowest BCUT2D eigenvalue weighted by atomic mass is 10.1. The van der Waals surface area contributed by atoms with E-state index in [1.807, 2.05) is 0 Å². The van der Waals surface area contributed by atoms with Crippen LogP contribution in [-0.4, -0.2) is 35.6 Å². The van der Waals surface area contributed by atoms with E-state index >= 15 is 0 Å². The van der Waals surface area contributed by atoms with Crippen molar-refractivity contribution in [2.45, 2.75) is 18.9 Å². The topological polar surface area (TPSA) is 122 Å². The van der Waals surface area contributed by atoms with Crippen LogP contribution in [0.1, 0.15) is 12.8 Å². The summed E-state index contributed by atoms with van der Waals surface area (Å²) in [4.78, 5) is 32.5. The molecular weight excluding hydrogens is 294 g/mol. The van der Waals surface area contributed by atoms with Gasteiger partial charge in [-0.15, -0.1) is 0 Å². The number of carbonyl (C=O) groups excluding carboxylic acids is 2. The molecule has 0 aliphatic heterocycles. The predicted octanol–water partition coefficient (Wildman–Crippen LogP) is -0.0871. The number of hydrogen-bond acceptors (Lipinski definition) is 3. The molecule has 0 radical (unpaired) electrons. The Bertz CT molecular complexity index is 332. The highest BCUT2D eigenvalue weighted by atomic mass is 79.9. The number of urea groups is 1. The number of primary amides is 1. The fraction of sp³-hybridized carbons (Fsp3) is 0.444. The first-order valence-electron chi connectivity index (χ1n) is 4.71. The SMILES string of the molecule is C=C(Br)CNC(=O)NC(CCC(N)=O)C(=O)O. The van der Waals surface area contributed by atoms with Gasteiger partial charge in [0.15, 0.2) is 0 Å². The molecular formula is C9H14BrN3O4. The van der Waals surface area contributed by atoms with Gasteiger partial charge in [0.1, 0.15) is 6.04 Å². The van der Waals surface area contributed by atoms with Crippen LogP contribution in [0.25, 0.3) is 0 Å². The van der Waals surface area contributed by atoms with Crippen LogP contribution in [0.2, 0.25) is 0 Å². The van der Waals surface area contributed by atoms with E-state index in [9.17, 15) is 14.4 Å². The number of hydrogen-bond donors (Lipinski definition) is 4. The summed E-state index contributed by atoms with van der Waals surface area (Å²) in [6.07, 6.45) is -0.157. The molecule has 0 saturated heterocycles. The van der Waals surface area contributed by atoms with Crippen molar-refractivity contribution in [1.82, 2.24) is 10.6 Å². The molecule has 0 saturated carbocycles. The lowest BCUT2D eigenvalue weighted by Gasteiger charge is -2.14. The van der Waals surface area contributed by atoms with Gasteiger partial charge in [-0.1, -0.05) is 22.5 Å². The lowest BCUT2D eigenvalue weighted by Crippen LogP contribution is -2.46. The van der Waals surface area contributed by atoms with Crippen LogP contribution in [0.15, 0.2) is 11.1 Å². The molecule has 0 heterocycles. The zero-order chi connectivity index (χ0) is 13.4. The molecule has 17 heavy (non-hydrogen) atoms. The molecule has 7 nitrogen and oxygen atoms in total. The fourth-order valence-electron chi connectivity index (χ4n) is 0.929. The first-order chi connectivity index (χ1) is 7.82. The zero-order valence-electron chi connectivity index (χ0n) is 9.03. The third kappa shape index (κ3) is 8.26. The van der Waals surface area contributed by atoms with Gasteiger partial charge in [-0.2, -0.15) is 0 Å². The maximum Gasteiger partial charge on any atom is 0.326 e. The quantitative estimate of drug-likeness (QED) is 0.525. The third-order valence-electron chi connectivity index (χ3n) is 1.72. The fourth-order valence-corrected chi connectivity index (χ4v) is 1.07. The summed E-state index contributed by atoms with van der Waals surface area (Å²) in [6, 6.07) is -1.80. The maximum absolute atomic E-state index is 11.2. The van der Waals surface area contributed by atoms with Gasteiger partial charge in [-0.25, -0.2) is 9.59 Å².